The minimum atomic E-state index is -0.238. The molecule has 188 valence electrons. The first kappa shape index (κ1) is 25.5. The standard InChI is InChI=1S/C31H37N3O2/c1-3-27(25-12-8-5-9-13-25)31(36)33-26-14-15-29(34-20-17-23(2)18-21-34)28(22-26)30(35)32-19-16-24-10-6-4-7-11-24/h4-15,22-23,27H,3,16-21H2,1-2H3,(H,32,35)(H,33,36). The summed E-state index contributed by atoms with van der Waals surface area (Å²) in [5.41, 5.74) is 4.39. The first-order valence-corrected chi connectivity index (χ1v) is 13.1. The lowest BCUT2D eigenvalue weighted by Gasteiger charge is -2.33. The van der Waals surface area contributed by atoms with Crippen molar-refractivity contribution in [2.45, 2.75) is 45.4 Å². The summed E-state index contributed by atoms with van der Waals surface area (Å²) in [7, 11) is 0. The maximum Gasteiger partial charge on any atom is 0.253 e. The smallest absolute Gasteiger partial charge is 0.253 e. The third kappa shape index (κ3) is 6.54. The highest BCUT2D eigenvalue weighted by molar-refractivity contribution is 6.03. The highest BCUT2D eigenvalue weighted by Crippen LogP contribution is 2.30. The molecule has 0 spiro atoms. The number of anilines is 2. The Bertz CT molecular complexity index is 1140. The van der Waals surface area contributed by atoms with Crippen molar-refractivity contribution in [2.75, 3.05) is 29.9 Å². The molecular weight excluding hydrogens is 446 g/mol. The van der Waals surface area contributed by atoms with E-state index in [1.54, 1.807) is 0 Å². The molecule has 3 aromatic rings. The first-order chi connectivity index (χ1) is 17.5. The summed E-state index contributed by atoms with van der Waals surface area (Å²) >= 11 is 0. The van der Waals surface area contributed by atoms with Crippen LogP contribution in [0.25, 0.3) is 0 Å². The Morgan fingerprint density at radius 3 is 2.28 bits per heavy atom. The highest BCUT2D eigenvalue weighted by Gasteiger charge is 2.23. The van der Waals surface area contributed by atoms with E-state index in [0.29, 0.717) is 30.1 Å². The topological polar surface area (TPSA) is 61.4 Å². The van der Waals surface area contributed by atoms with Crippen molar-refractivity contribution < 1.29 is 9.59 Å². The number of nitrogens with zero attached hydrogens (tertiary/aromatic N) is 1. The summed E-state index contributed by atoms with van der Waals surface area (Å²) in [6.07, 6.45) is 3.70. The monoisotopic (exact) mass is 483 g/mol. The molecule has 4 rings (SSSR count). The molecule has 1 atom stereocenters. The molecule has 2 amide bonds. The van der Waals surface area contributed by atoms with E-state index < -0.39 is 0 Å². The maximum atomic E-state index is 13.4. The van der Waals surface area contributed by atoms with E-state index in [0.717, 1.165) is 43.6 Å². The maximum absolute atomic E-state index is 13.4. The highest BCUT2D eigenvalue weighted by atomic mass is 16.2. The van der Waals surface area contributed by atoms with Crippen molar-refractivity contribution in [1.82, 2.24) is 5.32 Å². The summed E-state index contributed by atoms with van der Waals surface area (Å²) in [6.45, 7) is 6.72. The van der Waals surface area contributed by atoms with Crippen LogP contribution in [0.5, 0.6) is 0 Å². The number of amides is 2. The van der Waals surface area contributed by atoms with Crippen molar-refractivity contribution in [2.24, 2.45) is 5.92 Å². The Balaban J connectivity index is 1.52. The van der Waals surface area contributed by atoms with Crippen molar-refractivity contribution in [3.05, 3.63) is 95.6 Å². The molecule has 0 radical (unpaired) electrons. The second-order valence-corrected chi connectivity index (χ2v) is 9.75. The summed E-state index contributed by atoms with van der Waals surface area (Å²) in [4.78, 5) is 28.8. The van der Waals surface area contributed by atoms with Gasteiger partial charge in [-0.25, -0.2) is 0 Å². The van der Waals surface area contributed by atoms with Crippen LogP contribution in [0.3, 0.4) is 0 Å². The molecule has 5 nitrogen and oxygen atoms in total. The number of nitrogens with one attached hydrogen (secondary N) is 2. The third-order valence-electron chi connectivity index (χ3n) is 7.10. The lowest BCUT2D eigenvalue weighted by atomic mass is 9.95. The average molecular weight is 484 g/mol. The van der Waals surface area contributed by atoms with Gasteiger partial charge in [-0.15, -0.1) is 0 Å². The Labute approximate surface area is 214 Å². The molecule has 3 aromatic carbocycles. The van der Waals surface area contributed by atoms with E-state index >= 15 is 0 Å². The predicted molar refractivity (Wildman–Crippen MR) is 148 cm³/mol. The number of piperidine rings is 1. The Morgan fingerprint density at radius 2 is 1.61 bits per heavy atom. The van der Waals surface area contributed by atoms with E-state index in [9.17, 15) is 9.59 Å². The van der Waals surface area contributed by atoms with E-state index in [1.165, 1.54) is 5.56 Å². The number of carbonyl (C=O) groups excluding carboxylic acids is 2. The van der Waals surface area contributed by atoms with Crippen LogP contribution in [-0.4, -0.2) is 31.4 Å². The number of carbonyl (C=O) groups is 2. The average Bonchev–Trinajstić information content (AvgIpc) is 2.91. The predicted octanol–water partition coefficient (Wildman–Crippen LogP) is 6.03. The van der Waals surface area contributed by atoms with Gasteiger partial charge in [-0.3, -0.25) is 9.59 Å². The largest absolute Gasteiger partial charge is 0.371 e. The van der Waals surface area contributed by atoms with Crippen LogP contribution in [0.4, 0.5) is 11.4 Å². The van der Waals surface area contributed by atoms with Crippen LogP contribution in [-0.2, 0) is 11.2 Å². The van der Waals surface area contributed by atoms with Crippen LogP contribution >= 0.6 is 0 Å². The zero-order valence-corrected chi connectivity index (χ0v) is 21.4. The summed E-state index contributed by atoms with van der Waals surface area (Å²) < 4.78 is 0. The van der Waals surface area contributed by atoms with Crippen molar-refractivity contribution in [3.8, 4) is 0 Å². The molecule has 1 heterocycles. The van der Waals surface area contributed by atoms with Crippen molar-refractivity contribution >= 4 is 23.2 Å². The van der Waals surface area contributed by atoms with Gasteiger partial charge in [-0.2, -0.15) is 0 Å². The normalized spacial score (nSPS) is 14.8. The summed E-state index contributed by atoms with van der Waals surface area (Å²) in [5, 5.41) is 6.17. The van der Waals surface area contributed by atoms with Gasteiger partial charge in [0, 0.05) is 31.0 Å². The van der Waals surface area contributed by atoms with Gasteiger partial charge in [-0.05, 0) is 60.9 Å². The molecule has 1 aliphatic heterocycles. The second kappa shape index (κ2) is 12.4. The van der Waals surface area contributed by atoms with Gasteiger partial charge in [0.05, 0.1) is 11.5 Å². The van der Waals surface area contributed by atoms with E-state index in [2.05, 4.69) is 34.6 Å². The fourth-order valence-corrected chi connectivity index (χ4v) is 4.87. The zero-order chi connectivity index (χ0) is 25.3. The van der Waals surface area contributed by atoms with Crippen LogP contribution in [0.1, 0.15) is 60.5 Å². The van der Waals surface area contributed by atoms with Crippen molar-refractivity contribution in [3.63, 3.8) is 0 Å². The van der Waals surface area contributed by atoms with E-state index in [-0.39, 0.29) is 17.7 Å². The molecule has 36 heavy (non-hydrogen) atoms. The molecule has 5 heteroatoms. The third-order valence-corrected chi connectivity index (χ3v) is 7.10. The fraction of sp³-hybridized carbons (Fsp3) is 0.355. The number of hydrogen-bond acceptors (Lipinski definition) is 3. The van der Waals surface area contributed by atoms with Gasteiger partial charge in [0.15, 0.2) is 0 Å². The molecule has 0 saturated carbocycles. The van der Waals surface area contributed by atoms with Gasteiger partial charge in [0.25, 0.3) is 5.91 Å². The minimum absolute atomic E-state index is 0.0568. The molecule has 1 aliphatic rings. The van der Waals surface area contributed by atoms with Crippen molar-refractivity contribution in [1.29, 1.82) is 0 Å². The molecule has 0 bridgehead atoms. The van der Waals surface area contributed by atoms with Crippen LogP contribution in [0.2, 0.25) is 0 Å². The Hall–Kier alpha value is -3.60. The molecular formula is C31H37N3O2. The second-order valence-electron chi connectivity index (χ2n) is 9.75. The molecule has 1 fully saturated rings. The molecule has 0 aliphatic carbocycles. The quantitative estimate of drug-likeness (QED) is 0.391. The number of hydrogen-bond donors (Lipinski definition) is 2. The van der Waals surface area contributed by atoms with Gasteiger partial charge >= 0.3 is 0 Å². The summed E-state index contributed by atoms with van der Waals surface area (Å²) in [5.74, 6) is 0.300. The van der Waals surface area contributed by atoms with Crippen LogP contribution in [0.15, 0.2) is 78.9 Å². The molecule has 2 N–H and O–H groups in total. The van der Waals surface area contributed by atoms with Gasteiger partial charge < -0.3 is 15.5 Å². The summed E-state index contributed by atoms with van der Waals surface area (Å²) in [6, 6.07) is 25.7. The van der Waals surface area contributed by atoms with Crippen LogP contribution in [0, 0.1) is 5.92 Å². The van der Waals surface area contributed by atoms with Gasteiger partial charge in [0.1, 0.15) is 0 Å². The van der Waals surface area contributed by atoms with Gasteiger partial charge in [-0.1, -0.05) is 74.5 Å². The molecule has 0 aromatic heterocycles. The van der Waals surface area contributed by atoms with Crippen LogP contribution < -0.4 is 15.5 Å². The van der Waals surface area contributed by atoms with E-state index in [1.807, 2.05) is 73.7 Å². The zero-order valence-electron chi connectivity index (χ0n) is 21.4. The Morgan fingerprint density at radius 1 is 0.944 bits per heavy atom. The molecule has 1 unspecified atom stereocenters. The molecule has 1 saturated heterocycles. The SMILES string of the molecule is CCC(C(=O)Nc1ccc(N2CCC(C)CC2)c(C(=O)NCCc2ccccc2)c1)c1ccccc1. The van der Waals surface area contributed by atoms with E-state index in [4.69, 9.17) is 0 Å². The van der Waals surface area contributed by atoms with Gasteiger partial charge in [0.2, 0.25) is 5.91 Å². The number of benzene rings is 3. The minimum Gasteiger partial charge on any atom is -0.371 e. The first-order valence-electron chi connectivity index (χ1n) is 13.1. The lowest BCUT2D eigenvalue weighted by Crippen LogP contribution is -2.35. The fourth-order valence-electron chi connectivity index (χ4n) is 4.87. The number of rotatable bonds is 9. The lowest BCUT2D eigenvalue weighted by molar-refractivity contribution is -0.117. The Kier molecular flexibility index (Phi) is 8.77.